The lowest BCUT2D eigenvalue weighted by Crippen LogP contribution is -2.31. The van der Waals surface area contributed by atoms with Crippen molar-refractivity contribution in [2.75, 3.05) is 37.4 Å². The van der Waals surface area contributed by atoms with Crippen molar-refractivity contribution in [3.8, 4) is 0 Å². The monoisotopic (exact) mass is 295 g/mol. The number of fused-ring (bicyclic) bond motifs is 2. The topological polar surface area (TPSA) is 35.6 Å². The smallest absolute Gasteiger partial charge is 0.211 e. The highest BCUT2D eigenvalue weighted by Crippen LogP contribution is 2.42. The van der Waals surface area contributed by atoms with Crippen LogP contribution in [0, 0.1) is 0 Å². The lowest BCUT2D eigenvalue weighted by molar-refractivity contribution is -0.105. The van der Waals surface area contributed by atoms with Crippen LogP contribution in [0.5, 0.6) is 0 Å². The van der Waals surface area contributed by atoms with E-state index in [9.17, 15) is 4.79 Å². The van der Waals surface area contributed by atoms with Crippen LogP contribution in [0.25, 0.3) is 0 Å². The maximum absolute atomic E-state index is 10.9. The number of anilines is 3. The fourth-order valence-electron chi connectivity index (χ4n) is 3.01. The van der Waals surface area contributed by atoms with Gasteiger partial charge >= 0.3 is 0 Å². The fourth-order valence-corrected chi connectivity index (χ4v) is 3.01. The van der Waals surface area contributed by atoms with E-state index >= 15 is 0 Å². The molecular weight excluding hydrogens is 274 g/mol. The Labute approximate surface area is 131 Å². The molecule has 1 aliphatic heterocycles. The van der Waals surface area contributed by atoms with Gasteiger partial charge in [0.15, 0.2) is 0 Å². The second kappa shape index (κ2) is 6.20. The summed E-state index contributed by atoms with van der Waals surface area (Å²) < 4.78 is 0. The number of carbonyl (C=O) groups excluding carboxylic acids is 1. The van der Waals surface area contributed by atoms with E-state index < -0.39 is 0 Å². The van der Waals surface area contributed by atoms with Crippen LogP contribution >= 0.6 is 0 Å². The molecule has 1 heterocycles. The van der Waals surface area contributed by atoms with E-state index in [4.69, 9.17) is 0 Å². The highest BCUT2D eigenvalue weighted by molar-refractivity contribution is 5.88. The Morgan fingerprint density at radius 3 is 2.68 bits per heavy atom. The highest BCUT2D eigenvalue weighted by Gasteiger charge is 2.24. The zero-order valence-corrected chi connectivity index (χ0v) is 13.0. The molecule has 22 heavy (non-hydrogen) atoms. The van der Waals surface area contributed by atoms with Gasteiger partial charge in [0.05, 0.1) is 11.4 Å². The Hall–Kier alpha value is -2.33. The molecule has 0 aliphatic carbocycles. The number of hydrogen-bond acceptors (Lipinski definition) is 3. The van der Waals surface area contributed by atoms with Gasteiger partial charge in [0.25, 0.3) is 0 Å². The molecule has 114 valence electrons. The number of para-hydroxylation sites is 2. The Morgan fingerprint density at radius 1 is 1.14 bits per heavy atom. The largest absolute Gasteiger partial charge is 0.338 e. The van der Waals surface area contributed by atoms with Gasteiger partial charge in [-0.1, -0.05) is 30.3 Å². The van der Waals surface area contributed by atoms with Crippen LogP contribution in [-0.4, -0.2) is 38.5 Å². The number of nitrogens with one attached hydrogen (secondary N) is 1. The van der Waals surface area contributed by atoms with Gasteiger partial charge in [-0.05, 0) is 37.4 Å². The summed E-state index contributed by atoms with van der Waals surface area (Å²) in [5, 5.41) is 2.85. The second-order valence-corrected chi connectivity index (χ2v) is 5.84. The molecule has 0 bridgehead atoms. The Kier molecular flexibility index (Phi) is 4.11. The molecule has 0 saturated carbocycles. The van der Waals surface area contributed by atoms with Crippen LogP contribution in [0.2, 0.25) is 0 Å². The average Bonchev–Trinajstić information content (AvgIpc) is 2.52. The third kappa shape index (κ3) is 2.70. The van der Waals surface area contributed by atoms with Crippen LogP contribution in [0.15, 0.2) is 42.5 Å². The number of hydrogen-bond donors (Lipinski definition) is 1. The minimum atomic E-state index is 0.750. The molecule has 1 amide bonds. The van der Waals surface area contributed by atoms with Crippen molar-refractivity contribution < 1.29 is 4.79 Å². The van der Waals surface area contributed by atoms with Gasteiger partial charge in [0.2, 0.25) is 6.41 Å². The maximum Gasteiger partial charge on any atom is 0.211 e. The molecule has 0 radical (unpaired) electrons. The maximum atomic E-state index is 10.9. The van der Waals surface area contributed by atoms with Crippen molar-refractivity contribution in [1.82, 2.24) is 4.90 Å². The first kappa shape index (κ1) is 14.6. The Morgan fingerprint density at radius 2 is 1.91 bits per heavy atom. The zero-order valence-electron chi connectivity index (χ0n) is 13.0. The van der Waals surface area contributed by atoms with Gasteiger partial charge < -0.3 is 15.1 Å². The lowest BCUT2D eigenvalue weighted by Gasteiger charge is -2.35. The quantitative estimate of drug-likeness (QED) is 0.862. The van der Waals surface area contributed by atoms with Crippen molar-refractivity contribution in [3.05, 3.63) is 53.6 Å². The molecule has 1 N–H and O–H groups in total. The summed E-state index contributed by atoms with van der Waals surface area (Å²) >= 11 is 0. The van der Waals surface area contributed by atoms with Crippen molar-refractivity contribution in [3.63, 3.8) is 0 Å². The van der Waals surface area contributed by atoms with Crippen molar-refractivity contribution in [2.45, 2.75) is 6.42 Å². The van der Waals surface area contributed by atoms with Gasteiger partial charge in [0, 0.05) is 25.2 Å². The van der Waals surface area contributed by atoms with Crippen LogP contribution in [0.3, 0.4) is 0 Å². The summed E-state index contributed by atoms with van der Waals surface area (Å²) in [6, 6.07) is 14.6. The van der Waals surface area contributed by atoms with E-state index in [1.165, 1.54) is 16.8 Å². The number of carbonyl (C=O) groups is 1. The third-order valence-electron chi connectivity index (χ3n) is 4.04. The highest BCUT2D eigenvalue weighted by atomic mass is 16.1. The van der Waals surface area contributed by atoms with E-state index in [2.05, 4.69) is 59.5 Å². The molecule has 0 fully saturated rings. The standard InChI is InChI=1S/C18H21N3O/c1-20(2)10-11-21-17-9-4-3-6-14(17)12-15-7-5-8-16(18(15)21)19-13-22/h3-9,13H,10-12H2,1-2H3,(H,19,22). The molecule has 0 atom stereocenters. The van der Waals surface area contributed by atoms with E-state index in [1.807, 2.05) is 12.1 Å². The molecule has 0 aromatic heterocycles. The lowest BCUT2D eigenvalue weighted by atomic mass is 9.94. The van der Waals surface area contributed by atoms with Crippen LogP contribution in [0.4, 0.5) is 17.1 Å². The summed E-state index contributed by atoms with van der Waals surface area (Å²) in [5.41, 5.74) is 5.81. The van der Waals surface area contributed by atoms with E-state index in [1.54, 1.807) is 0 Å². The summed E-state index contributed by atoms with van der Waals surface area (Å²) in [7, 11) is 4.15. The van der Waals surface area contributed by atoms with Gasteiger partial charge in [0.1, 0.15) is 0 Å². The van der Waals surface area contributed by atoms with Crippen molar-refractivity contribution in [1.29, 1.82) is 0 Å². The number of nitrogens with zero attached hydrogens (tertiary/aromatic N) is 2. The Bertz CT molecular complexity index is 682. The first-order valence-electron chi connectivity index (χ1n) is 7.53. The first-order valence-corrected chi connectivity index (χ1v) is 7.53. The predicted molar refractivity (Wildman–Crippen MR) is 90.9 cm³/mol. The van der Waals surface area contributed by atoms with E-state index in [0.717, 1.165) is 37.3 Å². The summed E-state index contributed by atoms with van der Waals surface area (Å²) in [5.74, 6) is 0. The van der Waals surface area contributed by atoms with Crippen molar-refractivity contribution in [2.24, 2.45) is 0 Å². The molecule has 0 spiro atoms. The number of likely N-dealkylation sites (N-methyl/N-ethyl adjacent to an activating group) is 1. The molecule has 3 rings (SSSR count). The van der Waals surface area contributed by atoms with Crippen molar-refractivity contribution >= 4 is 23.5 Å². The molecule has 4 nitrogen and oxygen atoms in total. The number of rotatable bonds is 5. The minimum Gasteiger partial charge on any atom is -0.338 e. The zero-order chi connectivity index (χ0) is 15.5. The summed E-state index contributed by atoms with van der Waals surface area (Å²) in [4.78, 5) is 15.4. The van der Waals surface area contributed by atoms with Gasteiger partial charge in [-0.15, -0.1) is 0 Å². The SMILES string of the molecule is CN(C)CCN1c2ccccc2Cc2cccc(NC=O)c21. The normalized spacial score (nSPS) is 12.8. The summed E-state index contributed by atoms with van der Waals surface area (Å²) in [6.07, 6.45) is 1.65. The molecular formula is C18H21N3O. The fraction of sp³-hybridized carbons (Fsp3) is 0.278. The third-order valence-corrected chi connectivity index (χ3v) is 4.04. The molecule has 2 aromatic carbocycles. The van der Waals surface area contributed by atoms with Crippen LogP contribution in [0.1, 0.15) is 11.1 Å². The molecule has 1 aliphatic rings. The minimum absolute atomic E-state index is 0.750. The predicted octanol–water partition coefficient (Wildman–Crippen LogP) is 2.86. The molecule has 2 aromatic rings. The molecule has 4 heteroatoms. The van der Waals surface area contributed by atoms with Crippen LogP contribution in [-0.2, 0) is 11.2 Å². The summed E-state index contributed by atoms with van der Waals surface area (Å²) in [6.45, 7) is 1.83. The molecule has 0 saturated heterocycles. The molecule has 0 unspecified atom stereocenters. The number of amides is 1. The number of benzene rings is 2. The van der Waals surface area contributed by atoms with Gasteiger partial charge in [-0.25, -0.2) is 0 Å². The first-order chi connectivity index (χ1) is 10.7. The van der Waals surface area contributed by atoms with Crippen LogP contribution < -0.4 is 10.2 Å². The van der Waals surface area contributed by atoms with Gasteiger partial charge in [-0.2, -0.15) is 0 Å². The Balaban J connectivity index is 2.08. The van der Waals surface area contributed by atoms with Gasteiger partial charge in [-0.3, -0.25) is 4.79 Å². The average molecular weight is 295 g/mol. The van der Waals surface area contributed by atoms with E-state index in [-0.39, 0.29) is 0 Å². The second-order valence-electron chi connectivity index (χ2n) is 5.84. The van der Waals surface area contributed by atoms with E-state index in [0.29, 0.717) is 0 Å².